The van der Waals surface area contributed by atoms with Gasteiger partial charge in [0.1, 0.15) is 11.9 Å². The average molecular weight is 412 g/mol. The first-order valence-corrected chi connectivity index (χ1v) is 10.8. The second kappa shape index (κ2) is 8.03. The Labute approximate surface area is 181 Å². The van der Waals surface area contributed by atoms with Crippen molar-refractivity contribution in [1.29, 1.82) is 0 Å². The fourth-order valence-electron chi connectivity index (χ4n) is 4.97. The minimum atomic E-state index is -1.60. The van der Waals surface area contributed by atoms with Crippen molar-refractivity contribution in [1.82, 2.24) is 0 Å². The zero-order valence-electron chi connectivity index (χ0n) is 17.2. The van der Waals surface area contributed by atoms with Gasteiger partial charge in [0.25, 0.3) is 0 Å². The van der Waals surface area contributed by atoms with Crippen molar-refractivity contribution in [2.75, 3.05) is 0 Å². The van der Waals surface area contributed by atoms with Crippen molar-refractivity contribution in [2.45, 2.75) is 43.1 Å². The molecule has 31 heavy (non-hydrogen) atoms. The molecule has 1 aliphatic carbocycles. The Bertz CT molecular complexity index is 1090. The lowest BCUT2D eigenvalue weighted by Crippen LogP contribution is -2.46. The van der Waals surface area contributed by atoms with Crippen LogP contribution in [0.3, 0.4) is 0 Å². The van der Waals surface area contributed by atoms with E-state index in [-0.39, 0.29) is 12.0 Å². The Balaban J connectivity index is 1.55. The molecule has 1 saturated carbocycles. The maximum Gasteiger partial charge on any atom is 0.338 e. The van der Waals surface area contributed by atoms with E-state index in [1.54, 1.807) is 30.3 Å². The van der Waals surface area contributed by atoms with Crippen molar-refractivity contribution in [3.05, 3.63) is 102 Å². The number of hydrogen-bond donors (Lipinski definition) is 0. The zero-order chi connectivity index (χ0) is 21.3. The molecule has 3 aromatic carbocycles. The third-order valence-corrected chi connectivity index (χ3v) is 6.50. The van der Waals surface area contributed by atoms with E-state index in [1.165, 1.54) is 5.56 Å². The Kier molecular flexibility index (Phi) is 5.06. The van der Waals surface area contributed by atoms with E-state index in [1.807, 2.05) is 42.5 Å². The van der Waals surface area contributed by atoms with Gasteiger partial charge in [-0.3, -0.25) is 4.79 Å². The van der Waals surface area contributed by atoms with Crippen LogP contribution in [0.25, 0.3) is 0 Å². The van der Waals surface area contributed by atoms with Gasteiger partial charge in [-0.1, -0.05) is 85.3 Å². The van der Waals surface area contributed by atoms with Gasteiger partial charge in [-0.15, -0.1) is 0 Å². The maximum absolute atomic E-state index is 13.9. The number of ether oxygens (including phenoxy) is 2. The molecule has 2 aliphatic rings. The van der Waals surface area contributed by atoms with Crippen molar-refractivity contribution in [2.24, 2.45) is 0 Å². The molecule has 2 unspecified atom stereocenters. The quantitative estimate of drug-likeness (QED) is 0.337. The second-order valence-corrected chi connectivity index (χ2v) is 8.25. The van der Waals surface area contributed by atoms with E-state index in [0.29, 0.717) is 16.9 Å². The monoisotopic (exact) mass is 412 g/mol. The Hall–Kier alpha value is -3.40. The summed E-state index contributed by atoms with van der Waals surface area (Å²) >= 11 is 0. The molecule has 0 spiro atoms. The molecule has 0 bridgehead atoms. The summed E-state index contributed by atoms with van der Waals surface area (Å²) in [6, 6.07) is 26.4. The summed E-state index contributed by atoms with van der Waals surface area (Å²) in [4.78, 5) is 27.1. The standard InChI is InChI=1S/C27H24O4/c28-25(30-23-17-9-7-15-21(23)19-11-3-1-4-12-19)27(20-13-5-2-6-14-20)22-16-8-10-18-24(22)31-26(27)29/h1-6,8,10-14,16,18,21,23H,7,9,15,17H2/t21?,23?,27-/m1/s1. The third kappa shape index (κ3) is 3.23. The number of para-hydroxylation sites is 1. The van der Waals surface area contributed by atoms with Crippen molar-refractivity contribution >= 4 is 11.9 Å². The van der Waals surface area contributed by atoms with Crippen molar-refractivity contribution < 1.29 is 19.1 Å². The summed E-state index contributed by atoms with van der Waals surface area (Å²) in [5.74, 6) is -0.616. The zero-order valence-corrected chi connectivity index (χ0v) is 17.2. The van der Waals surface area contributed by atoms with Gasteiger partial charge >= 0.3 is 11.9 Å². The molecule has 1 fully saturated rings. The second-order valence-electron chi connectivity index (χ2n) is 8.25. The Morgan fingerprint density at radius 1 is 0.839 bits per heavy atom. The summed E-state index contributed by atoms with van der Waals surface area (Å²) in [5.41, 5.74) is 0.685. The number of carbonyl (C=O) groups excluding carboxylic acids is 2. The van der Waals surface area contributed by atoms with Gasteiger partial charge in [0, 0.05) is 11.5 Å². The highest BCUT2D eigenvalue weighted by Gasteiger charge is 2.58. The third-order valence-electron chi connectivity index (χ3n) is 6.50. The molecule has 4 heteroatoms. The van der Waals surface area contributed by atoms with Crippen LogP contribution >= 0.6 is 0 Å². The molecule has 156 valence electrons. The molecule has 0 N–H and O–H groups in total. The van der Waals surface area contributed by atoms with E-state index in [4.69, 9.17) is 9.47 Å². The Morgan fingerprint density at radius 3 is 2.26 bits per heavy atom. The fraction of sp³-hybridized carbons (Fsp3) is 0.259. The van der Waals surface area contributed by atoms with Gasteiger partial charge in [-0.25, -0.2) is 4.79 Å². The summed E-state index contributed by atoms with van der Waals surface area (Å²) in [6.07, 6.45) is 3.57. The molecule has 0 amide bonds. The molecule has 1 heterocycles. The van der Waals surface area contributed by atoms with Crippen LogP contribution < -0.4 is 4.74 Å². The molecule has 0 aromatic heterocycles. The van der Waals surface area contributed by atoms with Crippen LogP contribution in [0.2, 0.25) is 0 Å². The first-order chi connectivity index (χ1) is 15.2. The number of hydrogen-bond acceptors (Lipinski definition) is 4. The summed E-state index contributed by atoms with van der Waals surface area (Å²) in [6.45, 7) is 0. The van der Waals surface area contributed by atoms with Gasteiger partial charge in [0.2, 0.25) is 5.41 Å². The molecule has 4 nitrogen and oxygen atoms in total. The smallest absolute Gasteiger partial charge is 0.338 e. The van der Waals surface area contributed by atoms with Crippen molar-refractivity contribution in [3.63, 3.8) is 0 Å². The molecule has 1 aliphatic heterocycles. The van der Waals surface area contributed by atoms with Gasteiger partial charge in [-0.2, -0.15) is 0 Å². The minimum Gasteiger partial charge on any atom is -0.460 e. The van der Waals surface area contributed by atoms with Gasteiger partial charge in [0.05, 0.1) is 0 Å². The van der Waals surface area contributed by atoms with Crippen LogP contribution in [0.1, 0.15) is 48.3 Å². The highest BCUT2D eigenvalue weighted by molar-refractivity contribution is 6.13. The van der Waals surface area contributed by atoms with Crippen LogP contribution in [-0.2, 0) is 19.7 Å². The summed E-state index contributed by atoms with van der Waals surface area (Å²) in [5, 5.41) is 0. The SMILES string of the molecule is O=C1Oc2ccccc2[C@@]1(C(=O)OC1CCCCC1c1ccccc1)c1ccccc1. The largest absolute Gasteiger partial charge is 0.460 e. The molecular weight excluding hydrogens is 388 g/mol. The molecular formula is C27H24O4. The minimum absolute atomic E-state index is 0.124. The van der Waals surface area contributed by atoms with Crippen molar-refractivity contribution in [3.8, 4) is 5.75 Å². The van der Waals surface area contributed by atoms with E-state index in [9.17, 15) is 9.59 Å². The van der Waals surface area contributed by atoms with E-state index < -0.39 is 17.4 Å². The number of rotatable bonds is 4. The predicted molar refractivity (Wildman–Crippen MR) is 117 cm³/mol. The fourth-order valence-corrected chi connectivity index (χ4v) is 4.97. The topological polar surface area (TPSA) is 52.6 Å². The lowest BCUT2D eigenvalue weighted by atomic mass is 9.75. The van der Waals surface area contributed by atoms with Gasteiger partial charge in [0.15, 0.2) is 0 Å². The Morgan fingerprint density at radius 2 is 1.48 bits per heavy atom. The van der Waals surface area contributed by atoms with Gasteiger partial charge in [-0.05, 0) is 36.5 Å². The molecule has 5 rings (SSSR count). The highest BCUT2D eigenvalue weighted by atomic mass is 16.6. The van der Waals surface area contributed by atoms with Crippen LogP contribution in [0.5, 0.6) is 5.75 Å². The first-order valence-electron chi connectivity index (χ1n) is 10.8. The molecule has 0 radical (unpaired) electrons. The number of carbonyl (C=O) groups is 2. The average Bonchev–Trinajstić information content (AvgIpc) is 3.13. The number of benzene rings is 3. The summed E-state index contributed by atoms with van der Waals surface area (Å²) < 4.78 is 11.7. The maximum atomic E-state index is 13.9. The van der Waals surface area contributed by atoms with E-state index >= 15 is 0 Å². The van der Waals surface area contributed by atoms with Crippen LogP contribution in [0.4, 0.5) is 0 Å². The molecule has 3 atom stereocenters. The lowest BCUT2D eigenvalue weighted by Gasteiger charge is -2.34. The van der Waals surface area contributed by atoms with Gasteiger partial charge < -0.3 is 9.47 Å². The number of fused-ring (bicyclic) bond motifs is 1. The summed E-state index contributed by atoms with van der Waals surface area (Å²) in [7, 11) is 0. The van der Waals surface area contributed by atoms with Crippen LogP contribution in [-0.4, -0.2) is 18.0 Å². The lowest BCUT2D eigenvalue weighted by molar-refractivity contribution is -0.162. The number of esters is 2. The van der Waals surface area contributed by atoms with Crippen LogP contribution in [0.15, 0.2) is 84.9 Å². The van der Waals surface area contributed by atoms with E-state index in [0.717, 1.165) is 25.7 Å². The van der Waals surface area contributed by atoms with E-state index in [2.05, 4.69) is 12.1 Å². The predicted octanol–water partition coefficient (Wildman–Crippen LogP) is 5.16. The highest BCUT2D eigenvalue weighted by Crippen LogP contribution is 2.46. The van der Waals surface area contributed by atoms with Crippen LogP contribution in [0, 0.1) is 0 Å². The normalized spacial score (nSPS) is 24.8. The molecule has 0 saturated heterocycles. The first kappa shape index (κ1) is 19.6. The molecule has 3 aromatic rings.